The molecule has 0 aliphatic heterocycles. The first-order valence-corrected chi connectivity index (χ1v) is 4.80. The molecule has 0 amide bonds. The maximum absolute atomic E-state index is 4.11. The average Bonchev–Trinajstić information content (AvgIpc) is 2.69. The molecule has 2 heterocycles. The first kappa shape index (κ1) is 8.03. The number of hydrogen-bond acceptors (Lipinski definition) is 2. The first-order chi connectivity index (χ1) is 6.45. The van der Waals surface area contributed by atoms with Gasteiger partial charge in [0.1, 0.15) is 5.69 Å². The summed E-state index contributed by atoms with van der Waals surface area (Å²) in [4.78, 5) is 5.18. The highest BCUT2D eigenvalue weighted by atomic mass is 32.1. The molecule has 0 aliphatic carbocycles. The van der Waals surface area contributed by atoms with Gasteiger partial charge in [0.25, 0.3) is 0 Å². The van der Waals surface area contributed by atoms with Gasteiger partial charge in [0.15, 0.2) is 0 Å². The fourth-order valence-electron chi connectivity index (χ4n) is 0.912. The molecule has 0 aromatic carbocycles. The third-order valence-electron chi connectivity index (χ3n) is 1.50. The highest BCUT2D eigenvalue weighted by molar-refractivity contribution is 7.10. The molecule has 0 saturated heterocycles. The standard InChI is InChI=1S/C11H7NS/c1-2-8-12-10(4-1)6-7-11-5-3-9-13-11/h1-5,8-9H. The highest BCUT2D eigenvalue weighted by Crippen LogP contribution is 2.05. The highest BCUT2D eigenvalue weighted by Gasteiger charge is 1.85. The van der Waals surface area contributed by atoms with Crippen molar-refractivity contribution in [3.63, 3.8) is 0 Å². The van der Waals surface area contributed by atoms with Gasteiger partial charge in [-0.2, -0.15) is 0 Å². The minimum Gasteiger partial charge on any atom is -0.248 e. The van der Waals surface area contributed by atoms with E-state index >= 15 is 0 Å². The molecule has 1 nitrogen and oxygen atoms in total. The van der Waals surface area contributed by atoms with Gasteiger partial charge in [-0.05, 0) is 35.4 Å². The van der Waals surface area contributed by atoms with Crippen LogP contribution in [0.25, 0.3) is 0 Å². The van der Waals surface area contributed by atoms with Crippen molar-refractivity contribution >= 4 is 11.3 Å². The van der Waals surface area contributed by atoms with Gasteiger partial charge in [-0.15, -0.1) is 11.3 Å². The third-order valence-corrected chi connectivity index (χ3v) is 2.29. The molecule has 0 spiro atoms. The monoisotopic (exact) mass is 185 g/mol. The second-order valence-electron chi connectivity index (χ2n) is 2.44. The minimum absolute atomic E-state index is 0.816. The Morgan fingerprint density at radius 3 is 2.77 bits per heavy atom. The number of aromatic nitrogens is 1. The molecule has 0 N–H and O–H groups in total. The zero-order valence-corrected chi connectivity index (χ0v) is 7.71. The number of thiophene rings is 1. The molecule has 62 valence electrons. The molecular weight excluding hydrogens is 178 g/mol. The summed E-state index contributed by atoms with van der Waals surface area (Å²) in [6, 6.07) is 9.72. The summed E-state index contributed by atoms with van der Waals surface area (Å²) in [6.45, 7) is 0. The number of rotatable bonds is 0. The van der Waals surface area contributed by atoms with Crippen molar-refractivity contribution in [3.05, 3.63) is 52.5 Å². The smallest absolute Gasteiger partial charge is 0.113 e. The lowest BCUT2D eigenvalue weighted by Gasteiger charge is -1.84. The minimum atomic E-state index is 0.816. The summed E-state index contributed by atoms with van der Waals surface area (Å²) >= 11 is 1.64. The maximum Gasteiger partial charge on any atom is 0.113 e. The van der Waals surface area contributed by atoms with Gasteiger partial charge in [-0.25, -0.2) is 4.98 Å². The van der Waals surface area contributed by atoms with E-state index in [1.807, 2.05) is 35.7 Å². The zero-order valence-electron chi connectivity index (χ0n) is 6.90. The third kappa shape index (κ3) is 2.17. The number of hydrogen-bond donors (Lipinski definition) is 0. The van der Waals surface area contributed by atoms with Crippen molar-refractivity contribution in [2.45, 2.75) is 0 Å². The van der Waals surface area contributed by atoms with Gasteiger partial charge in [0.05, 0.1) is 4.88 Å². The Hall–Kier alpha value is -1.59. The first-order valence-electron chi connectivity index (χ1n) is 3.92. The van der Waals surface area contributed by atoms with Crippen LogP contribution in [0.5, 0.6) is 0 Å². The van der Waals surface area contributed by atoms with Crippen molar-refractivity contribution in [1.29, 1.82) is 0 Å². The summed E-state index contributed by atoms with van der Waals surface area (Å²) in [6.07, 6.45) is 1.75. The molecule has 0 aliphatic rings. The Labute approximate surface area is 81.1 Å². The van der Waals surface area contributed by atoms with E-state index in [2.05, 4.69) is 16.8 Å². The van der Waals surface area contributed by atoms with Crippen LogP contribution in [0.1, 0.15) is 10.6 Å². The van der Waals surface area contributed by atoms with Crippen LogP contribution in [-0.4, -0.2) is 4.98 Å². The number of nitrogens with zero attached hydrogens (tertiary/aromatic N) is 1. The summed E-state index contributed by atoms with van der Waals surface area (Å²) in [5, 5.41) is 2.02. The topological polar surface area (TPSA) is 12.9 Å². The summed E-state index contributed by atoms with van der Waals surface area (Å²) < 4.78 is 0. The summed E-state index contributed by atoms with van der Waals surface area (Å²) in [5.41, 5.74) is 0.816. The predicted molar refractivity (Wildman–Crippen MR) is 54.5 cm³/mol. The Bertz CT molecular complexity index is 420. The quantitative estimate of drug-likeness (QED) is 0.575. The van der Waals surface area contributed by atoms with Crippen LogP contribution < -0.4 is 0 Å². The SMILES string of the molecule is C(#Cc1cccs1)c1ccccn1. The van der Waals surface area contributed by atoms with Crippen LogP contribution in [0.2, 0.25) is 0 Å². The average molecular weight is 185 g/mol. The van der Waals surface area contributed by atoms with Crippen molar-refractivity contribution in [3.8, 4) is 11.8 Å². The predicted octanol–water partition coefficient (Wildman–Crippen LogP) is 2.54. The molecule has 0 saturated carbocycles. The Balaban J connectivity index is 2.23. The second-order valence-corrected chi connectivity index (χ2v) is 3.39. The molecule has 0 radical (unpaired) electrons. The molecule has 13 heavy (non-hydrogen) atoms. The van der Waals surface area contributed by atoms with Gasteiger partial charge < -0.3 is 0 Å². The van der Waals surface area contributed by atoms with E-state index in [0.29, 0.717) is 0 Å². The van der Waals surface area contributed by atoms with Gasteiger partial charge in [0, 0.05) is 6.20 Å². The van der Waals surface area contributed by atoms with E-state index in [1.54, 1.807) is 17.5 Å². The summed E-state index contributed by atoms with van der Waals surface area (Å²) in [7, 11) is 0. The fourth-order valence-corrected chi connectivity index (χ4v) is 1.48. The maximum atomic E-state index is 4.11. The van der Waals surface area contributed by atoms with Gasteiger partial charge in [0.2, 0.25) is 0 Å². The largest absolute Gasteiger partial charge is 0.248 e. The van der Waals surface area contributed by atoms with E-state index in [0.717, 1.165) is 10.6 Å². The Morgan fingerprint density at radius 1 is 1.08 bits per heavy atom. The van der Waals surface area contributed by atoms with Crippen LogP contribution in [0.3, 0.4) is 0 Å². The molecule has 2 aromatic rings. The van der Waals surface area contributed by atoms with Gasteiger partial charge in [-0.1, -0.05) is 12.1 Å². The van der Waals surface area contributed by atoms with E-state index in [9.17, 15) is 0 Å². The van der Waals surface area contributed by atoms with Crippen LogP contribution in [0.4, 0.5) is 0 Å². The lowest BCUT2D eigenvalue weighted by molar-refractivity contribution is 1.29. The molecular formula is C11H7NS. The van der Waals surface area contributed by atoms with Crippen LogP contribution >= 0.6 is 11.3 Å². The van der Waals surface area contributed by atoms with E-state index in [-0.39, 0.29) is 0 Å². The van der Waals surface area contributed by atoms with E-state index < -0.39 is 0 Å². The Morgan fingerprint density at radius 2 is 2.08 bits per heavy atom. The lowest BCUT2D eigenvalue weighted by atomic mass is 10.3. The molecule has 0 atom stereocenters. The van der Waals surface area contributed by atoms with Gasteiger partial charge in [-0.3, -0.25) is 0 Å². The van der Waals surface area contributed by atoms with Crippen molar-refractivity contribution in [1.82, 2.24) is 4.98 Å². The van der Waals surface area contributed by atoms with E-state index in [4.69, 9.17) is 0 Å². The second kappa shape index (κ2) is 3.88. The molecule has 2 rings (SSSR count). The molecule has 2 aromatic heterocycles. The molecule has 0 fully saturated rings. The fraction of sp³-hybridized carbons (Fsp3) is 0. The normalized spacial score (nSPS) is 8.92. The molecule has 2 heteroatoms. The lowest BCUT2D eigenvalue weighted by Crippen LogP contribution is -1.77. The van der Waals surface area contributed by atoms with Crippen molar-refractivity contribution in [2.24, 2.45) is 0 Å². The van der Waals surface area contributed by atoms with Crippen LogP contribution in [0.15, 0.2) is 41.9 Å². The summed E-state index contributed by atoms with van der Waals surface area (Å²) in [5.74, 6) is 6.04. The van der Waals surface area contributed by atoms with E-state index in [1.165, 1.54) is 0 Å². The molecule has 0 bridgehead atoms. The van der Waals surface area contributed by atoms with Crippen LogP contribution in [-0.2, 0) is 0 Å². The zero-order chi connectivity index (χ0) is 8.93. The Kier molecular flexibility index (Phi) is 2.40. The van der Waals surface area contributed by atoms with Gasteiger partial charge >= 0.3 is 0 Å². The number of pyridine rings is 1. The van der Waals surface area contributed by atoms with Crippen LogP contribution in [0, 0.1) is 11.8 Å². The molecule has 0 unspecified atom stereocenters. The van der Waals surface area contributed by atoms with Crippen molar-refractivity contribution < 1.29 is 0 Å². The van der Waals surface area contributed by atoms with Crippen molar-refractivity contribution in [2.75, 3.05) is 0 Å².